The summed E-state index contributed by atoms with van der Waals surface area (Å²) >= 11 is 0. The molecule has 0 radical (unpaired) electrons. The van der Waals surface area contributed by atoms with E-state index in [2.05, 4.69) is 100 Å². The Hall–Kier alpha value is -0.466. The smallest absolute Gasteiger partial charge is 0.192 e. The highest BCUT2D eigenvalue weighted by atomic mass is 28.4. The van der Waals surface area contributed by atoms with Gasteiger partial charge in [0.25, 0.3) is 0 Å². The van der Waals surface area contributed by atoms with Gasteiger partial charge < -0.3 is 14.0 Å². The van der Waals surface area contributed by atoms with Crippen molar-refractivity contribution in [2.24, 2.45) is 29.6 Å². The van der Waals surface area contributed by atoms with Gasteiger partial charge in [0, 0.05) is 6.61 Å². The molecule has 7 atom stereocenters. The van der Waals surface area contributed by atoms with Gasteiger partial charge in [0.15, 0.2) is 16.6 Å². The van der Waals surface area contributed by atoms with Gasteiger partial charge in [0.2, 0.25) is 0 Å². The van der Waals surface area contributed by atoms with Crippen molar-refractivity contribution in [1.29, 1.82) is 0 Å². The van der Waals surface area contributed by atoms with E-state index in [-0.39, 0.29) is 22.3 Å². The predicted molar refractivity (Wildman–Crippen MR) is 173 cm³/mol. The fourth-order valence-electron chi connectivity index (χ4n) is 6.77. The zero-order valence-corrected chi connectivity index (χ0v) is 29.6. The number of fused-ring (bicyclic) bond motifs is 1. The lowest BCUT2D eigenvalue weighted by Gasteiger charge is -2.46. The average molecular weight is 575 g/mol. The van der Waals surface area contributed by atoms with E-state index in [0.717, 1.165) is 30.3 Å². The molecule has 0 aromatic carbocycles. The number of aliphatic hydroxyl groups is 1. The molecule has 5 heteroatoms. The zero-order chi connectivity index (χ0) is 29.6. The minimum atomic E-state index is -1.96. The summed E-state index contributed by atoms with van der Waals surface area (Å²) in [6.45, 7) is 33.0. The molecule has 3 rings (SSSR count). The second kappa shape index (κ2) is 12.0. The standard InChI is InChI=1S/C34H62O3Si2/c1-23-14-16-27(29-19-18-28(32(23)29)24(2)22-35)17-15-26-20-30(36-38(10,11)33(4,5)6)25(3)31(21-26)37-39(12,13)34(7,8)9/h15,17,23-24,28-32,35H,3,14,16,18-22H2,1-2,4-13H3/b26-15?,27-17+/t23-,24-,28-,29+,30-,31+,32+/m0/s1. The third-order valence-corrected chi connectivity index (χ3v) is 20.5. The van der Waals surface area contributed by atoms with Crippen LogP contribution in [0.25, 0.3) is 0 Å². The number of aliphatic hydroxyl groups excluding tert-OH is 1. The van der Waals surface area contributed by atoms with Crippen molar-refractivity contribution in [3.8, 4) is 0 Å². The highest BCUT2D eigenvalue weighted by molar-refractivity contribution is 6.74. The van der Waals surface area contributed by atoms with Crippen molar-refractivity contribution >= 4 is 16.6 Å². The fourth-order valence-corrected chi connectivity index (χ4v) is 9.37. The van der Waals surface area contributed by atoms with E-state index in [4.69, 9.17) is 8.85 Å². The molecule has 0 bridgehead atoms. The molecule has 3 fully saturated rings. The summed E-state index contributed by atoms with van der Waals surface area (Å²) in [7, 11) is -3.92. The summed E-state index contributed by atoms with van der Waals surface area (Å²) in [6, 6.07) is 0. The number of hydrogen-bond acceptors (Lipinski definition) is 3. The average Bonchev–Trinajstić information content (AvgIpc) is 3.25. The maximum Gasteiger partial charge on any atom is 0.192 e. The fraction of sp³-hybridized carbons (Fsp3) is 0.824. The molecular weight excluding hydrogens is 513 g/mol. The van der Waals surface area contributed by atoms with E-state index in [9.17, 15) is 5.11 Å². The lowest BCUT2D eigenvalue weighted by atomic mass is 9.67. The lowest BCUT2D eigenvalue weighted by molar-refractivity contribution is 0.113. The van der Waals surface area contributed by atoms with Crippen molar-refractivity contribution < 1.29 is 14.0 Å². The van der Waals surface area contributed by atoms with Crippen LogP contribution in [0.1, 0.15) is 93.9 Å². The second-order valence-electron chi connectivity index (χ2n) is 16.4. The molecule has 1 N–H and O–H groups in total. The topological polar surface area (TPSA) is 38.7 Å². The Morgan fingerprint density at radius 2 is 1.41 bits per heavy atom. The van der Waals surface area contributed by atoms with Crippen LogP contribution in [0.2, 0.25) is 36.3 Å². The van der Waals surface area contributed by atoms with Gasteiger partial charge in [-0.3, -0.25) is 0 Å². The molecule has 39 heavy (non-hydrogen) atoms. The van der Waals surface area contributed by atoms with E-state index < -0.39 is 16.6 Å². The van der Waals surface area contributed by atoms with E-state index in [0.29, 0.717) is 24.4 Å². The van der Waals surface area contributed by atoms with E-state index in [1.54, 1.807) is 5.57 Å². The maximum atomic E-state index is 9.89. The van der Waals surface area contributed by atoms with Crippen molar-refractivity contribution in [1.82, 2.24) is 0 Å². The molecule has 0 aromatic rings. The summed E-state index contributed by atoms with van der Waals surface area (Å²) in [6.07, 6.45) is 11.9. The molecule has 3 saturated carbocycles. The van der Waals surface area contributed by atoms with Crippen LogP contribution in [-0.4, -0.2) is 40.6 Å². The van der Waals surface area contributed by atoms with E-state index in [1.165, 1.54) is 31.3 Å². The molecule has 0 heterocycles. The monoisotopic (exact) mass is 574 g/mol. The molecule has 3 aliphatic rings. The zero-order valence-electron chi connectivity index (χ0n) is 27.6. The first-order chi connectivity index (χ1) is 17.8. The quantitative estimate of drug-likeness (QED) is 0.243. The van der Waals surface area contributed by atoms with Gasteiger partial charge in [0.1, 0.15) is 0 Å². The molecule has 0 aliphatic heterocycles. The van der Waals surface area contributed by atoms with Crippen molar-refractivity contribution in [2.75, 3.05) is 6.61 Å². The van der Waals surface area contributed by atoms with E-state index >= 15 is 0 Å². The van der Waals surface area contributed by atoms with Gasteiger partial charge in [-0.2, -0.15) is 0 Å². The van der Waals surface area contributed by atoms with Gasteiger partial charge in [-0.05, 0) is 110 Å². The lowest BCUT2D eigenvalue weighted by Crippen LogP contribution is -2.49. The van der Waals surface area contributed by atoms with Crippen LogP contribution in [0.15, 0.2) is 35.5 Å². The first kappa shape index (κ1) is 33.0. The van der Waals surface area contributed by atoms with Crippen molar-refractivity contribution in [3.05, 3.63) is 35.5 Å². The molecule has 0 spiro atoms. The van der Waals surface area contributed by atoms with Gasteiger partial charge in [-0.1, -0.05) is 85.3 Å². The second-order valence-corrected chi connectivity index (χ2v) is 25.9. The SMILES string of the molecule is C=C1[C@@H](O[Si](C)(C)C(C)(C)C)CC(=C/C=C2\CC[C@H](C)[C@@H]3[C@H]([C@@H](C)CO)CC[C@H]23)C[C@H]1O[Si](C)(C)C(C)(C)C. The van der Waals surface area contributed by atoms with Crippen LogP contribution in [0.4, 0.5) is 0 Å². The molecule has 3 nitrogen and oxygen atoms in total. The number of allylic oxidation sites excluding steroid dienone is 3. The van der Waals surface area contributed by atoms with Crippen LogP contribution < -0.4 is 0 Å². The third kappa shape index (κ3) is 7.31. The minimum absolute atomic E-state index is 0.0273. The highest BCUT2D eigenvalue weighted by Crippen LogP contribution is 2.53. The Kier molecular flexibility index (Phi) is 10.2. The van der Waals surface area contributed by atoms with Crippen LogP contribution in [0, 0.1) is 29.6 Å². The van der Waals surface area contributed by atoms with Crippen LogP contribution in [-0.2, 0) is 8.85 Å². The Bertz CT molecular complexity index is 891. The molecule has 0 aromatic heterocycles. The Morgan fingerprint density at radius 3 is 1.87 bits per heavy atom. The Labute approximate surface area is 244 Å². The Morgan fingerprint density at radius 1 is 0.897 bits per heavy atom. The largest absolute Gasteiger partial charge is 0.410 e. The normalized spacial score (nSPS) is 34.0. The number of hydrogen-bond donors (Lipinski definition) is 1. The highest BCUT2D eigenvalue weighted by Gasteiger charge is 2.46. The molecular formula is C34H62O3Si2. The summed E-state index contributed by atoms with van der Waals surface area (Å²) in [5, 5.41) is 10.2. The summed E-state index contributed by atoms with van der Waals surface area (Å²) in [4.78, 5) is 0. The number of rotatable bonds is 7. The van der Waals surface area contributed by atoms with Crippen LogP contribution in [0.5, 0.6) is 0 Å². The van der Waals surface area contributed by atoms with E-state index in [1.807, 2.05) is 0 Å². The maximum absolute atomic E-state index is 9.89. The van der Waals surface area contributed by atoms with Crippen molar-refractivity contribution in [3.63, 3.8) is 0 Å². The summed E-state index contributed by atoms with van der Waals surface area (Å²) in [5.74, 6) is 3.23. The van der Waals surface area contributed by atoms with Crippen molar-refractivity contribution in [2.45, 2.75) is 142 Å². The predicted octanol–water partition coefficient (Wildman–Crippen LogP) is 9.67. The van der Waals surface area contributed by atoms with Gasteiger partial charge >= 0.3 is 0 Å². The van der Waals surface area contributed by atoms with Crippen LogP contribution >= 0.6 is 0 Å². The van der Waals surface area contributed by atoms with Crippen LogP contribution in [0.3, 0.4) is 0 Å². The van der Waals surface area contributed by atoms with Gasteiger partial charge in [0.05, 0.1) is 12.2 Å². The summed E-state index contributed by atoms with van der Waals surface area (Å²) in [5.41, 5.74) is 4.25. The molecule has 0 amide bonds. The van der Waals surface area contributed by atoms with Gasteiger partial charge in [-0.15, -0.1) is 0 Å². The third-order valence-electron chi connectivity index (χ3n) is 11.6. The Balaban J connectivity index is 1.90. The first-order valence-electron chi connectivity index (χ1n) is 15.8. The summed E-state index contributed by atoms with van der Waals surface area (Å²) < 4.78 is 14.1. The minimum Gasteiger partial charge on any atom is -0.410 e. The van der Waals surface area contributed by atoms with Gasteiger partial charge in [-0.25, -0.2) is 0 Å². The molecule has 224 valence electrons. The molecule has 0 saturated heterocycles. The molecule has 0 unspecified atom stereocenters. The first-order valence-corrected chi connectivity index (χ1v) is 21.6. The molecule has 3 aliphatic carbocycles.